The maximum atomic E-state index is 2.43. The number of allylic oxidation sites excluding steroid dienone is 11. The van der Waals surface area contributed by atoms with E-state index in [0.717, 1.165) is 37.1 Å². The molecule has 8 aromatic rings. The summed E-state index contributed by atoms with van der Waals surface area (Å²) in [6.45, 7) is 2.39. The molecular formula is C67H56N2. The Bertz CT molecular complexity index is 3210. The van der Waals surface area contributed by atoms with Gasteiger partial charge in [-0.15, -0.1) is 0 Å². The fourth-order valence-corrected chi connectivity index (χ4v) is 10.2. The molecule has 3 aliphatic carbocycles. The molecule has 0 radical (unpaired) electrons. The van der Waals surface area contributed by atoms with Crippen molar-refractivity contribution in [1.82, 2.24) is 0 Å². The van der Waals surface area contributed by atoms with Gasteiger partial charge in [0.25, 0.3) is 0 Å². The zero-order valence-electron chi connectivity index (χ0n) is 39.2. The molecule has 2 nitrogen and oxygen atoms in total. The molecule has 0 fully saturated rings. The predicted octanol–water partition coefficient (Wildman–Crippen LogP) is 18.4. The van der Waals surface area contributed by atoms with Crippen molar-refractivity contribution in [3.63, 3.8) is 0 Å². The number of hydrogen-bond acceptors (Lipinski definition) is 2. The highest BCUT2D eigenvalue weighted by Crippen LogP contribution is 2.44. The zero-order chi connectivity index (χ0) is 46.4. The predicted molar refractivity (Wildman–Crippen MR) is 293 cm³/mol. The first-order valence-electron chi connectivity index (χ1n) is 24.4. The van der Waals surface area contributed by atoms with Gasteiger partial charge in [-0.3, -0.25) is 0 Å². The second-order valence-corrected chi connectivity index (χ2v) is 18.7. The van der Waals surface area contributed by atoms with Crippen molar-refractivity contribution in [3.8, 4) is 44.5 Å². The number of benzene rings is 8. The van der Waals surface area contributed by atoms with Gasteiger partial charge in [-0.1, -0.05) is 213 Å². The average molecular weight is 889 g/mol. The third-order valence-corrected chi connectivity index (χ3v) is 14.3. The van der Waals surface area contributed by atoms with E-state index in [1.807, 2.05) is 0 Å². The van der Waals surface area contributed by atoms with Crippen molar-refractivity contribution in [2.24, 2.45) is 11.3 Å². The minimum absolute atomic E-state index is 0.112. The summed E-state index contributed by atoms with van der Waals surface area (Å²) in [7, 11) is 0. The topological polar surface area (TPSA) is 6.48 Å². The summed E-state index contributed by atoms with van der Waals surface area (Å²) in [5.41, 5.74) is 19.6. The lowest BCUT2D eigenvalue weighted by molar-refractivity contribution is 0.308. The van der Waals surface area contributed by atoms with E-state index in [9.17, 15) is 0 Å². The molecule has 3 aliphatic rings. The van der Waals surface area contributed by atoms with Gasteiger partial charge in [0.1, 0.15) is 0 Å². The van der Waals surface area contributed by atoms with Crippen LogP contribution in [-0.4, -0.2) is 0 Å². The van der Waals surface area contributed by atoms with Crippen LogP contribution in [0.15, 0.2) is 278 Å². The van der Waals surface area contributed by atoms with E-state index >= 15 is 0 Å². The Morgan fingerprint density at radius 2 is 0.826 bits per heavy atom. The molecule has 2 atom stereocenters. The summed E-state index contributed by atoms with van der Waals surface area (Å²) in [5.74, 6) is 0.517. The normalized spacial score (nSPS) is 17.4. The minimum Gasteiger partial charge on any atom is -0.314 e. The number of anilines is 4. The molecule has 69 heavy (non-hydrogen) atoms. The summed E-state index contributed by atoms with van der Waals surface area (Å²) >= 11 is 0. The van der Waals surface area contributed by atoms with Crippen LogP contribution in [0.3, 0.4) is 0 Å². The van der Waals surface area contributed by atoms with E-state index < -0.39 is 0 Å². The lowest BCUT2D eigenvalue weighted by atomic mass is 9.70. The molecule has 2 heteroatoms. The second kappa shape index (κ2) is 19.6. The highest BCUT2D eigenvalue weighted by atomic mass is 15.2. The molecule has 0 saturated heterocycles. The van der Waals surface area contributed by atoms with E-state index in [1.54, 1.807) is 0 Å². The Kier molecular flexibility index (Phi) is 12.3. The molecule has 0 aliphatic heterocycles. The summed E-state index contributed by atoms with van der Waals surface area (Å²) < 4.78 is 0. The van der Waals surface area contributed by atoms with E-state index in [-0.39, 0.29) is 5.41 Å². The average Bonchev–Trinajstić information content (AvgIpc) is 3.43. The van der Waals surface area contributed by atoms with Crippen molar-refractivity contribution in [2.75, 3.05) is 9.80 Å². The fraction of sp³-hybridized carbons (Fsp3) is 0.104. The zero-order valence-corrected chi connectivity index (χ0v) is 39.2. The van der Waals surface area contributed by atoms with Crippen LogP contribution in [0, 0.1) is 11.3 Å². The van der Waals surface area contributed by atoms with Gasteiger partial charge in [-0.2, -0.15) is 0 Å². The van der Waals surface area contributed by atoms with E-state index in [0.29, 0.717) is 5.92 Å². The summed E-state index contributed by atoms with van der Waals surface area (Å²) in [6.07, 6.45) is 24.9. The number of para-hydroxylation sites is 2. The molecule has 0 aromatic heterocycles. The number of hydrogen-bond donors (Lipinski definition) is 0. The smallest absolute Gasteiger partial charge is 0.0461 e. The molecule has 334 valence electrons. The molecule has 11 rings (SSSR count). The SMILES string of the molecule is CC1(C2C=CC=CC2)C=CC(N(c2ccccc2)c2ccc(-c3ccc(-c4ccc(-c5ccc(-c6ccc(N(C7=CC=C(c8ccccc8)CC7)c7ccccc7)cc6)cc5)cc4)cc3)cc2)=CC1. The molecule has 8 aromatic carbocycles. The lowest BCUT2D eigenvalue weighted by Crippen LogP contribution is -2.27. The van der Waals surface area contributed by atoms with Gasteiger partial charge in [0, 0.05) is 34.1 Å². The first-order chi connectivity index (χ1) is 34.0. The van der Waals surface area contributed by atoms with Gasteiger partial charge in [0.15, 0.2) is 0 Å². The van der Waals surface area contributed by atoms with Crippen LogP contribution >= 0.6 is 0 Å². The van der Waals surface area contributed by atoms with Crippen molar-refractivity contribution < 1.29 is 0 Å². The lowest BCUT2D eigenvalue weighted by Gasteiger charge is -2.37. The third kappa shape index (κ3) is 9.40. The highest BCUT2D eigenvalue weighted by Gasteiger charge is 2.32. The molecule has 0 N–H and O–H groups in total. The van der Waals surface area contributed by atoms with Crippen LogP contribution in [0.5, 0.6) is 0 Å². The largest absolute Gasteiger partial charge is 0.314 e. The van der Waals surface area contributed by atoms with Crippen molar-refractivity contribution >= 4 is 28.3 Å². The summed E-state index contributed by atoms with van der Waals surface area (Å²) in [5, 5.41) is 0. The number of rotatable bonds is 12. The molecule has 0 bridgehead atoms. The van der Waals surface area contributed by atoms with Gasteiger partial charge in [-0.05, 0) is 153 Å². The molecule has 0 spiro atoms. The minimum atomic E-state index is 0.112. The Hall–Kier alpha value is -8.20. The van der Waals surface area contributed by atoms with E-state index in [1.165, 1.54) is 78.4 Å². The van der Waals surface area contributed by atoms with Crippen LogP contribution in [0.2, 0.25) is 0 Å². The van der Waals surface area contributed by atoms with Crippen LogP contribution in [0.4, 0.5) is 22.7 Å². The summed E-state index contributed by atoms with van der Waals surface area (Å²) in [4.78, 5) is 4.78. The van der Waals surface area contributed by atoms with Gasteiger partial charge >= 0.3 is 0 Å². The van der Waals surface area contributed by atoms with Gasteiger partial charge in [-0.25, -0.2) is 0 Å². The maximum absolute atomic E-state index is 2.43. The van der Waals surface area contributed by atoms with Gasteiger partial charge in [0.2, 0.25) is 0 Å². The van der Waals surface area contributed by atoms with Crippen molar-refractivity contribution in [1.29, 1.82) is 0 Å². The van der Waals surface area contributed by atoms with Crippen molar-refractivity contribution in [3.05, 3.63) is 284 Å². The molecule has 2 unspecified atom stereocenters. The second-order valence-electron chi connectivity index (χ2n) is 18.7. The molecule has 0 heterocycles. The first-order valence-corrected chi connectivity index (χ1v) is 24.4. The molecular weight excluding hydrogens is 833 g/mol. The van der Waals surface area contributed by atoms with E-state index in [4.69, 9.17) is 0 Å². The molecule has 0 saturated carbocycles. The highest BCUT2D eigenvalue weighted by molar-refractivity contribution is 5.79. The Balaban J connectivity index is 0.753. The molecule has 0 amide bonds. The van der Waals surface area contributed by atoms with Crippen LogP contribution in [0.1, 0.15) is 38.2 Å². The van der Waals surface area contributed by atoms with Gasteiger partial charge < -0.3 is 9.80 Å². The van der Waals surface area contributed by atoms with Crippen LogP contribution < -0.4 is 9.80 Å². The van der Waals surface area contributed by atoms with Crippen molar-refractivity contribution in [2.45, 2.75) is 32.6 Å². The first kappa shape index (κ1) is 43.4. The monoisotopic (exact) mass is 888 g/mol. The van der Waals surface area contributed by atoms with Crippen LogP contribution in [-0.2, 0) is 0 Å². The third-order valence-electron chi connectivity index (χ3n) is 14.3. The Morgan fingerprint density at radius 3 is 1.23 bits per heavy atom. The fourth-order valence-electron chi connectivity index (χ4n) is 10.2. The Labute approximate surface area is 408 Å². The number of nitrogens with zero attached hydrogens (tertiary/aromatic N) is 2. The van der Waals surface area contributed by atoms with Crippen LogP contribution in [0.25, 0.3) is 50.1 Å². The van der Waals surface area contributed by atoms with Gasteiger partial charge in [0.05, 0.1) is 0 Å². The quantitative estimate of drug-likeness (QED) is 0.121. The maximum Gasteiger partial charge on any atom is 0.0461 e. The van der Waals surface area contributed by atoms with E-state index in [2.05, 4.69) is 284 Å². The summed E-state index contributed by atoms with van der Waals surface area (Å²) in [6, 6.07) is 77.1. The standard InChI is InChI=1S/C67H56N2/c1-67(60-16-8-3-9-17-60)48-46-66(47-49-67)69(62-20-12-5-13-21-62)65-44-38-59(39-45-65)56-32-28-54(29-33-56)52-24-22-51(23-25-52)53-26-30-55(31-27-53)58-36-42-64(43-37-58)68(61-18-10-4-11-19-61)63-40-34-57(35-41-63)50-14-6-2-7-15-50/h2-16,18-34,36-40,42-48,60H,17,35,41,49H2,1H3. The Morgan fingerprint density at radius 1 is 0.406 bits per heavy atom.